The number of hydrogen-bond donors (Lipinski definition) is 2. The third kappa shape index (κ3) is 2.81. The van der Waals surface area contributed by atoms with E-state index >= 15 is 0 Å². The molecule has 0 unspecified atom stereocenters. The van der Waals surface area contributed by atoms with Crippen LogP contribution in [0, 0.1) is 0 Å². The third-order valence-electron chi connectivity index (χ3n) is 3.00. The highest BCUT2D eigenvalue weighted by molar-refractivity contribution is 5.97. The predicted octanol–water partition coefficient (Wildman–Crippen LogP) is 1.97. The maximum Gasteiger partial charge on any atom is 0.354 e. The first-order valence-corrected chi connectivity index (χ1v) is 6.36. The van der Waals surface area contributed by atoms with Crippen LogP contribution in [0.15, 0.2) is 41.2 Å². The van der Waals surface area contributed by atoms with Crippen molar-refractivity contribution in [2.45, 2.75) is 6.42 Å². The molecule has 0 aliphatic carbocycles. The minimum absolute atomic E-state index is 0.00832. The number of carboxylic acid groups (broad SMARTS) is 1. The lowest BCUT2D eigenvalue weighted by molar-refractivity contribution is 0.0691. The van der Waals surface area contributed by atoms with E-state index in [9.17, 15) is 4.79 Å². The highest BCUT2D eigenvalue weighted by Crippen LogP contribution is 2.23. The summed E-state index contributed by atoms with van der Waals surface area (Å²) in [5, 5.41) is 16.7. The normalized spacial score (nSPS) is 10.7. The lowest BCUT2D eigenvalue weighted by Gasteiger charge is -2.09. The molecule has 3 aromatic rings. The van der Waals surface area contributed by atoms with Crippen LogP contribution in [-0.4, -0.2) is 32.7 Å². The van der Waals surface area contributed by atoms with Gasteiger partial charge >= 0.3 is 5.97 Å². The second-order valence-corrected chi connectivity index (χ2v) is 4.39. The van der Waals surface area contributed by atoms with Gasteiger partial charge in [0.1, 0.15) is 0 Å². The van der Waals surface area contributed by atoms with Crippen molar-refractivity contribution in [3.05, 3.63) is 48.2 Å². The van der Waals surface area contributed by atoms with Crippen LogP contribution >= 0.6 is 0 Å². The Morgan fingerprint density at radius 2 is 2.19 bits per heavy atom. The average molecular weight is 284 g/mol. The Morgan fingerprint density at radius 1 is 1.33 bits per heavy atom. The van der Waals surface area contributed by atoms with Crippen molar-refractivity contribution >= 4 is 22.6 Å². The van der Waals surface area contributed by atoms with Crippen molar-refractivity contribution in [1.29, 1.82) is 0 Å². The first kappa shape index (κ1) is 13.0. The highest BCUT2D eigenvalue weighted by Gasteiger charge is 2.10. The summed E-state index contributed by atoms with van der Waals surface area (Å²) in [5.74, 6) is -0.528. The summed E-state index contributed by atoms with van der Waals surface area (Å²) in [5.41, 5.74) is 1.36. The Labute approximate surface area is 119 Å². The van der Waals surface area contributed by atoms with Crippen LogP contribution in [0.1, 0.15) is 16.4 Å². The minimum Gasteiger partial charge on any atom is -0.477 e. The molecule has 0 spiro atoms. The number of aromatic nitrogens is 3. The van der Waals surface area contributed by atoms with Crippen LogP contribution in [0.5, 0.6) is 0 Å². The van der Waals surface area contributed by atoms with Crippen molar-refractivity contribution in [3.63, 3.8) is 0 Å². The molecule has 7 heteroatoms. The fraction of sp³-hybridized carbons (Fsp3) is 0.143. The van der Waals surface area contributed by atoms with Crippen LogP contribution in [-0.2, 0) is 6.42 Å². The second-order valence-electron chi connectivity index (χ2n) is 4.39. The molecule has 0 amide bonds. The molecular formula is C14H12N4O3. The van der Waals surface area contributed by atoms with Gasteiger partial charge in [-0.25, -0.2) is 9.78 Å². The molecule has 0 saturated heterocycles. The molecular weight excluding hydrogens is 272 g/mol. The lowest BCUT2D eigenvalue weighted by Crippen LogP contribution is -2.08. The van der Waals surface area contributed by atoms with Crippen molar-refractivity contribution < 1.29 is 14.4 Å². The van der Waals surface area contributed by atoms with Gasteiger partial charge in [-0.1, -0.05) is 23.4 Å². The topological polar surface area (TPSA) is 101 Å². The first-order chi connectivity index (χ1) is 10.2. The summed E-state index contributed by atoms with van der Waals surface area (Å²) in [7, 11) is 0. The second kappa shape index (κ2) is 5.58. The van der Waals surface area contributed by atoms with Gasteiger partial charge in [-0.15, -0.1) is 0 Å². The maximum absolute atomic E-state index is 11.1. The van der Waals surface area contributed by atoms with Gasteiger partial charge in [0.05, 0.1) is 5.52 Å². The number of aromatic carboxylic acids is 1. The Morgan fingerprint density at radius 3 is 2.95 bits per heavy atom. The van der Waals surface area contributed by atoms with E-state index in [-0.39, 0.29) is 5.69 Å². The Bertz CT molecular complexity index is 771. The molecule has 2 N–H and O–H groups in total. The number of carboxylic acids is 1. The summed E-state index contributed by atoms with van der Waals surface area (Å²) >= 11 is 0. The molecule has 7 nitrogen and oxygen atoms in total. The van der Waals surface area contributed by atoms with E-state index in [2.05, 4.69) is 20.4 Å². The molecule has 0 bridgehead atoms. The summed E-state index contributed by atoms with van der Waals surface area (Å²) < 4.78 is 4.91. The number of fused-ring (bicyclic) bond motifs is 1. The Kier molecular flexibility index (Phi) is 3.46. The van der Waals surface area contributed by atoms with E-state index in [0.717, 1.165) is 11.1 Å². The number of anilines is 1. The van der Waals surface area contributed by atoms with Gasteiger partial charge < -0.3 is 14.9 Å². The molecule has 0 fully saturated rings. The highest BCUT2D eigenvalue weighted by atomic mass is 16.5. The standard InChI is InChI=1S/C14H12N4O3/c19-14(20)12-7-11(9-3-1-2-4-10(9)18-12)15-6-5-13-16-8-17-21-13/h1-4,7-8H,5-6H2,(H,15,18)(H,19,20). The SMILES string of the molecule is O=C(O)c1cc(NCCc2ncno2)c2ccccc2n1. The van der Waals surface area contributed by atoms with Crippen molar-refractivity contribution in [2.24, 2.45) is 0 Å². The van der Waals surface area contributed by atoms with E-state index in [0.29, 0.717) is 24.4 Å². The molecule has 0 atom stereocenters. The molecule has 0 saturated carbocycles. The molecule has 0 aliphatic heterocycles. The molecule has 2 aromatic heterocycles. The summed E-state index contributed by atoms with van der Waals surface area (Å²) in [4.78, 5) is 19.2. The number of para-hydroxylation sites is 1. The number of carbonyl (C=O) groups is 1. The molecule has 2 heterocycles. The number of benzene rings is 1. The average Bonchev–Trinajstić information content (AvgIpc) is 3.00. The zero-order chi connectivity index (χ0) is 14.7. The first-order valence-electron chi connectivity index (χ1n) is 6.36. The van der Waals surface area contributed by atoms with Gasteiger partial charge in [-0.2, -0.15) is 4.98 Å². The van der Waals surface area contributed by atoms with Gasteiger partial charge in [-0.05, 0) is 12.1 Å². The molecule has 0 aliphatic rings. The van der Waals surface area contributed by atoms with Crippen molar-refractivity contribution in [3.8, 4) is 0 Å². The number of nitrogens with zero attached hydrogens (tertiary/aromatic N) is 3. The zero-order valence-corrected chi connectivity index (χ0v) is 11.0. The van der Waals surface area contributed by atoms with Gasteiger partial charge in [0.2, 0.25) is 5.89 Å². The smallest absolute Gasteiger partial charge is 0.354 e. The van der Waals surface area contributed by atoms with Crippen LogP contribution in [0.25, 0.3) is 10.9 Å². The summed E-state index contributed by atoms with van der Waals surface area (Å²) in [6.45, 7) is 0.551. The van der Waals surface area contributed by atoms with Gasteiger partial charge in [-0.3, -0.25) is 0 Å². The van der Waals surface area contributed by atoms with Crippen LogP contribution < -0.4 is 5.32 Å². The molecule has 21 heavy (non-hydrogen) atoms. The van der Waals surface area contributed by atoms with Crippen molar-refractivity contribution in [1.82, 2.24) is 15.1 Å². The largest absolute Gasteiger partial charge is 0.477 e. The third-order valence-corrected chi connectivity index (χ3v) is 3.00. The van der Waals surface area contributed by atoms with Gasteiger partial charge in [0.15, 0.2) is 12.0 Å². The van der Waals surface area contributed by atoms with E-state index in [1.165, 1.54) is 12.4 Å². The fourth-order valence-electron chi connectivity index (χ4n) is 2.04. The molecule has 106 valence electrons. The van der Waals surface area contributed by atoms with Crippen LogP contribution in [0.2, 0.25) is 0 Å². The number of nitrogens with one attached hydrogen (secondary N) is 1. The lowest BCUT2D eigenvalue weighted by atomic mass is 10.1. The van der Waals surface area contributed by atoms with Gasteiger partial charge in [0, 0.05) is 24.0 Å². The van der Waals surface area contributed by atoms with E-state index in [1.54, 1.807) is 6.07 Å². The van der Waals surface area contributed by atoms with Crippen molar-refractivity contribution in [2.75, 3.05) is 11.9 Å². The molecule has 1 aromatic carbocycles. The van der Waals surface area contributed by atoms with Gasteiger partial charge in [0.25, 0.3) is 0 Å². The summed E-state index contributed by atoms with van der Waals surface area (Å²) in [6.07, 6.45) is 1.90. The van der Waals surface area contributed by atoms with E-state index in [1.807, 2.05) is 18.2 Å². The summed E-state index contributed by atoms with van der Waals surface area (Å²) in [6, 6.07) is 8.91. The number of rotatable bonds is 5. The van der Waals surface area contributed by atoms with Crippen LogP contribution in [0.4, 0.5) is 5.69 Å². The monoisotopic (exact) mass is 284 g/mol. The van der Waals surface area contributed by atoms with E-state index < -0.39 is 5.97 Å². The maximum atomic E-state index is 11.1. The van der Waals surface area contributed by atoms with E-state index in [4.69, 9.17) is 9.63 Å². The number of hydrogen-bond acceptors (Lipinski definition) is 6. The molecule has 3 rings (SSSR count). The number of pyridine rings is 1. The van der Waals surface area contributed by atoms with Crippen LogP contribution in [0.3, 0.4) is 0 Å². The fourth-order valence-corrected chi connectivity index (χ4v) is 2.04. The molecule has 0 radical (unpaired) electrons. The Hall–Kier alpha value is -2.96. The Balaban J connectivity index is 1.87. The minimum atomic E-state index is -1.05. The quantitative estimate of drug-likeness (QED) is 0.738. The predicted molar refractivity (Wildman–Crippen MR) is 75.2 cm³/mol. The zero-order valence-electron chi connectivity index (χ0n) is 11.0.